The number of carbonyl (C=O) groups is 2. The zero-order chi connectivity index (χ0) is 15.7. The molecular weight excluding hydrogens is 304 g/mol. The minimum absolute atomic E-state index is 0.280. The number of aryl methyl sites for hydroxylation is 1. The van der Waals surface area contributed by atoms with E-state index in [-0.39, 0.29) is 11.6 Å². The fourth-order valence-corrected chi connectivity index (χ4v) is 3.37. The SMILES string of the molecule is Cc1ccc(-c2nc(C(=O)N3CCCC[C@H]3C(=O)O)cs2)o1. The zero-order valence-electron chi connectivity index (χ0n) is 12.1. The molecule has 1 aliphatic rings. The third kappa shape index (κ3) is 2.76. The first kappa shape index (κ1) is 14.8. The molecular formula is C15H16N2O4S. The van der Waals surface area contributed by atoms with Gasteiger partial charge in [-0.25, -0.2) is 9.78 Å². The normalized spacial score (nSPS) is 18.4. The quantitative estimate of drug-likeness (QED) is 0.940. The van der Waals surface area contributed by atoms with E-state index < -0.39 is 12.0 Å². The van der Waals surface area contributed by atoms with E-state index in [1.807, 2.05) is 19.1 Å². The third-order valence-electron chi connectivity index (χ3n) is 3.72. The van der Waals surface area contributed by atoms with Crippen LogP contribution in [0.2, 0.25) is 0 Å². The first-order chi connectivity index (χ1) is 10.6. The lowest BCUT2D eigenvalue weighted by atomic mass is 10.0. The number of nitrogens with zero attached hydrogens (tertiary/aromatic N) is 2. The Hall–Kier alpha value is -2.15. The first-order valence-electron chi connectivity index (χ1n) is 7.12. The van der Waals surface area contributed by atoms with Gasteiger partial charge in [-0.1, -0.05) is 0 Å². The van der Waals surface area contributed by atoms with Gasteiger partial charge < -0.3 is 14.4 Å². The Labute approximate surface area is 131 Å². The van der Waals surface area contributed by atoms with Crippen molar-refractivity contribution in [1.82, 2.24) is 9.88 Å². The Kier molecular flexibility index (Phi) is 3.98. The molecule has 3 heterocycles. The Morgan fingerprint density at radius 2 is 2.23 bits per heavy atom. The van der Waals surface area contributed by atoms with E-state index in [1.54, 1.807) is 5.38 Å². The highest BCUT2D eigenvalue weighted by Gasteiger charge is 2.33. The molecule has 22 heavy (non-hydrogen) atoms. The molecule has 0 spiro atoms. The predicted octanol–water partition coefficient (Wildman–Crippen LogP) is 2.79. The molecule has 0 bridgehead atoms. The molecule has 1 aliphatic heterocycles. The largest absolute Gasteiger partial charge is 0.480 e. The van der Waals surface area contributed by atoms with Gasteiger partial charge >= 0.3 is 5.97 Å². The number of carboxylic acid groups (broad SMARTS) is 1. The number of thiazole rings is 1. The number of furan rings is 1. The van der Waals surface area contributed by atoms with E-state index in [0.717, 1.165) is 18.6 Å². The molecule has 6 nitrogen and oxygen atoms in total. The van der Waals surface area contributed by atoms with Crippen molar-refractivity contribution < 1.29 is 19.1 Å². The van der Waals surface area contributed by atoms with Crippen LogP contribution in [0.15, 0.2) is 21.9 Å². The molecule has 1 saturated heterocycles. The van der Waals surface area contributed by atoms with Gasteiger partial charge in [0.2, 0.25) is 0 Å². The maximum Gasteiger partial charge on any atom is 0.326 e. The maximum atomic E-state index is 12.5. The van der Waals surface area contributed by atoms with Crippen molar-refractivity contribution in [2.45, 2.75) is 32.2 Å². The summed E-state index contributed by atoms with van der Waals surface area (Å²) >= 11 is 1.32. The second-order valence-electron chi connectivity index (χ2n) is 5.30. The summed E-state index contributed by atoms with van der Waals surface area (Å²) in [4.78, 5) is 29.6. The molecule has 116 valence electrons. The lowest BCUT2D eigenvalue weighted by Crippen LogP contribution is -2.48. The van der Waals surface area contributed by atoms with Crippen molar-refractivity contribution in [2.75, 3.05) is 6.54 Å². The van der Waals surface area contributed by atoms with E-state index in [9.17, 15) is 14.7 Å². The van der Waals surface area contributed by atoms with E-state index in [2.05, 4.69) is 4.98 Å². The Bertz CT molecular complexity index is 706. The molecule has 1 N–H and O–H groups in total. The van der Waals surface area contributed by atoms with Crippen LogP contribution in [0.5, 0.6) is 0 Å². The van der Waals surface area contributed by atoms with Crippen LogP contribution >= 0.6 is 11.3 Å². The average Bonchev–Trinajstić information content (AvgIpc) is 3.15. The Morgan fingerprint density at radius 1 is 1.41 bits per heavy atom. The number of rotatable bonds is 3. The Balaban J connectivity index is 1.83. The van der Waals surface area contributed by atoms with Gasteiger partial charge in [-0.2, -0.15) is 0 Å². The van der Waals surface area contributed by atoms with Crippen LogP contribution < -0.4 is 0 Å². The molecule has 0 radical (unpaired) electrons. The summed E-state index contributed by atoms with van der Waals surface area (Å²) in [6.07, 6.45) is 2.15. The lowest BCUT2D eigenvalue weighted by Gasteiger charge is -2.32. The summed E-state index contributed by atoms with van der Waals surface area (Å²) in [7, 11) is 0. The number of carbonyl (C=O) groups excluding carboxylic acids is 1. The van der Waals surface area contributed by atoms with Crippen LogP contribution in [0, 0.1) is 6.92 Å². The van der Waals surface area contributed by atoms with Gasteiger partial charge in [-0.15, -0.1) is 11.3 Å². The summed E-state index contributed by atoms with van der Waals surface area (Å²) in [5.74, 6) is 0.123. The number of piperidine rings is 1. The monoisotopic (exact) mass is 320 g/mol. The minimum Gasteiger partial charge on any atom is -0.480 e. The van der Waals surface area contributed by atoms with Crippen LogP contribution in [-0.2, 0) is 4.79 Å². The van der Waals surface area contributed by atoms with Crippen LogP contribution in [0.25, 0.3) is 10.8 Å². The van der Waals surface area contributed by atoms with E-state index in [4.69, 9.17) is 4.42 Å². The van der Waals surface area contributed by atoms with Crippen molar-refractivity contribution in [3.63, 3.8) is 0 Å². The first-order valence-corrected chi connectivity index (χ1v) is 8.00. The van der Waals surface area contributed by atoms with Gasteiger partial charge in [0.1, 0.15) is 17.5 Å². The minimum atomic E-state index is -0.954. The highest BCUT2D eigenvalue weighted by molar-refractivity contribution is 7.13. The predicted molar refractivity (Wildman–Crippen MR) is 80.9 cm³/mol. The molecule has 2 aromatic heterocycles. The van der Waals surface area contributed by atoms with Crippen molar-refractivity contribution in [3.05, 3.63) is 29.0 Å². The fraction of sp³-hybridized carbons (Fsp3) is 0.400. The number of aromatic nitrogens is 1. The molecule has 2 aromatic rings. The number of likely N-dealkylation sites (tertiary alicyclic amines) is 1. The van der Waals surface area contributed by atoms with Gasteiger partial charge in [0.25, 0.3) is 5.91 Å². The van der Waals surface area contributed by atoms with Crippen LogP contribution in [0.4, 0.5) is 0 Å². The molecule has 0 aromatic carbocycles. The van der Waals surface area contributed by atoms with E-state index in [0.29, 0.717) is 23.7 Å². The highest BCUT2D eigenvalue weighted by atomic mass is 32.1. The molecule has 7 heteroatoms. The smallest absolute Gasteiger partial charge is 0.326 e. The van der Waals surface area contributed by atoms with Gasteiger partial charge in [-0.05, 0) is 38.3 Å². The van der Waals surface area contributed by atoms with Crippen molar-refractivity contribution in [3.8, 4) is 10.8 Å². The lowest BCUT2D eigenvalue weighted by molar-refractivity contribution is -0.143. The second-order valence-corrected chi connectivity index (χ2v) is 6.15. The van der Waals surface area contributed by atoms with Crippen molar-refractivity contribution in [1.29, 1.82) is 0 Å². The van der Waals surface area contributed by atoms with Gasteiger partial charge in [0.15, 0.2) is 10.8 Å². The van der Waals surface area contributed by atoms with Gasteiger partial charge in [0, 0.05) is 11.9 Å². The number of amides is 1. The average molecular weight is 320 g/mol. The Morgan fingerprint density at radius 3 is 2.91 bits per heavy atom. The number of hydrogen-bond acceptors (Lipinski definition) is 5. The fourth-order valence-electron chi connectivity index (χ4n) is 2.61. The number of aliphatic carboxylic acids is 1. The standard InChI is InChI=1S/C15H16N2O4S/c1-9-5-6-12(21-9)13-16-10(8-22-13)14(18)17-7-3-2-4-11(17)15(19)20/h5-6,8,11H,2-4,7H2,1H3,(H,19,20)/t11-/m0/s1. The van der Waals surface area contributed by atoms with Gasteiger partial charge in [0.05, 0.1) is 0 Å². The zero-order valence-corrected chi connectivity index (χ0v) is 12.9. The molecule has 0 saturated carbocycles. The van der Waals surface area contributed by atoms with E-state index in [1.165, 1.54) is 16.2 Å². The van der Waals surface area contributed by atoms with Crippen molar-refractivity contribution in [2.24, 2.45) is 0 Å². The van der Waals surface area contributed by atoms with Gasteiger partial charge in [-0.3, -0.25) is 4.79 Å². The molecule has 1 amide bonds. The summed E-state index contributed by atoms with van der Waals surface area (Å²) in [6, 6.07) is 2.89. The summed E-state index contributed by atoms with van der Waals surface area (Å²) in [5, 5.41) is 11.5. The molecule has 1 atom stereocenters. The molecule has 3 rings (SSSR count). The van der Waals surface area contributed by atoms with Crippen LogP contribution in [0.3, 0.4) is 0 Å². The van der Waals surface area contributed by atoms with Crippen LogP contribution in [0.1, 0.15) is 35.5 Å². The maximum absolute atomic E-state index is 12.5. The summed E-state index contributed by atoms with van der Waals surface area (Å²) < 4.78 is 5.50. The van der Waals surface area contributed by atoms with Crippen molar-refractivity contribution >= 4 is 23.2 Å². The van der Waals surface area contributed by atoms with E-state index >= 15 is 0 Å². The highest BCUT2D eigenvalue weighted by Crippen LogP contribution is 2.27. The number of hydrogen-bond donors (Lipinski definition) is 1. The topological polar surface area (TPSA) is 83.6 Å². The molecule has 1 fully saturated rings. The number of carboxylic acids is 1. The summed E-state index contributed by atoms with van der Waals surface area (Å²) in [5.41, 5.74) is 0.280. The summed E-state index contributed by atoms with van der Waals surface area (Å²) in [6.45, 7) is 2.30. The molecule has 0 unspecified atom stereocenters. The third-order valence-corrected chi connectivity index (χ3v) is 4.58. The second kappa shape index (κ2) is 5.92. The molecule has 0 aliphatic carbocycles. The van der Waals surface area contributed by atoms with Crippen LogP contribution in [-0.4, -0.2) is 39.5 Å².